The molecule has 4 rings (SSSR count). The van der Waals surface area contributed by atoms with E-state index in [4.69, 9.17) is 15.5 Å². The monoisotopic (exact) mass is 329 g/mol. The van der Waals surface area contributed by atoms with Gasteiger partial charge in [0.05, 0.1) is 23.4 Å². The fraction of sp³-hybridized carbons (Fsp3) is 0.286. The molecule has 0 aliphatic carbocycles. The Morgan fingerprint density at radius 3 is 2.91 bits per heavy atom. The van der Waals surface area contributed by atoms with Crippen molar-refractivity contribution in [2.45, 2.75) is 0 Å². The van der Waals surface area contributed by atoms with Crippen molar-refractivity contribution in [1.29, 1.82) is 0 Å². The first-order chi connectivity index (χ1) is 11.3. The van der Waals surface area contributed by atoms with Crippen LogP contribution in [0.1, 0.15) is 0 Å². The van der Waals surface area contributed by atoms with Crippen molar-refractivity contribution in [2.75, 3.05) is 42.3 Å². The molecule has 4 heterocycles. The number of ether oxygens (including phenoxy) is 1. The second-order valence-corrected chi connectivity index (χ2v) is 6.03. The van der Waals surface area contributed by atoms with Crippen LogP contribution in [-0.4, -0.2) is 46.2 Å². The maximum atomic E-state index is 5.69. The van der Waals surface area contributed by atoms with Crippen LogP contribution in [0.3, 0.4) is 0 Å². The van der Waals surface area contributed by atoms with Gasteiger partial charge in [0, 0.05) is 25.4 Å². The highest BCUT2D eigenvalue weighted by Gasteiger charge is 2.17. The van der Waals surface area contributed by atoms with Crippen LogP contribution >= 0.6 is 11.3 Å². The standard InChI is InChI=1S/C14H15N7OS/c15-10-7-11(18-8-17-10)20-13-12-9(1-2-16-13)19-14(23-12)21-3-5-22-6-4-21/h1-2,7-8H,3-6H2,(H3,15,16,17,18,20). The quantitative estimate of drug-likeness (QED) is 0.748. The summed E-state index contributed by atoms with van der Waals surface area (Å²) in [7, 11) is 0. The molecular formula is C14H15N7OS. The first-order valence-corrected chi connectivity index (χ1v) is 8.04. The topological polar surface area (TPSA) is 102 Å². The van der Waals surface area contributed by atoms with Crippen molar-refractivity contribution >= 4 is 44.1 Å². The van der Waals surface area contributed by atoms with Crippen molar-refractivity contribution in [3.8, 4) is 0 Å². The predicted molar refractivity (Wildman–Crippen MR) is 90.2 cm³/mol. The van der Waals surface area contributed by atoms with Crippen LogP contribution < -0.4 is 16.0 Å². The highest BCUT2D eigenvalue weighted by molar-refractivity contribution is 7.22. The van der Waals surface area contributed by atoms with E-state index in [1.807, 2.05) is 6.07 Å². The van der Waals surface area contributed by atoms with Crippen molar-refractivity contribution in [2.24, 2.45) is 0 Å². The minimum Gasteiger partial charge on any atom is -0.384 e. The van der Waals surface area contributed by atoms with Crippen LogP contribution in [0.5, 0.6) is 0 Å². The highest BCUT2D eigenvalue weighted by Crippen LogP contribution is 2.34. The third-order valence-corrected chi connectivity index (χ3v) is 4.65. The van der Waals surface area contributed by atoms with E-state index < -0.39 is 0 Å². The Morgan fingerprint density at radius 1 is 1.22 bits per heavy atom. The molecule has 23 heavy (non-hydrogen) atoms. The van der Waals surface area contributed by atoms with E-state index in [0.29, 0.717) is 11.6 Å². The van der Waals surface area contributed by atoms with Gasteiger partial charge < -0.3 is 20.7 Å². The summed E-state index contributed by atoms with van der Waals surface area (Å²) in [5.74, 6) is 1.74. The summed E-state index contributed by atoms with van der Waals surface area (Å²) in [6.45, 7) is 3.19. The van der Waals surface area contributed by atoms with Gasteiger partial charge in [0.15, 0.2) is 10.9 Å². The lowest BCUT2D eigenvalue weighted by Crippen LogP contribution is -2.36. The van der Waals surface area contributed by atoms with E-state index >= 15 is 0 Å². The first kappa shape index (κ1) is 14.1. The Morgan fingerprint density at radius 2 is 2.09 bits per heavy atom. The molecule has 0 bridgehead atoms. The van der Waals surface area contributed by atoms with E-state index in [1.165, 1.54) is 6.33 Å². The van der Waals surface area contributed by atoms with Gasteiger partial charge in [-0.2, -0.15) is 0 Å². The number of morpholine rings is 1. The largest absolute Gasteiger partial charge is 0.384 e. The highest BCUT2D eigenvalue weighted by atomic mass is 32.1. The van der Waals surface area contributed by atoms with E-state index in [2.05, 4.69) is 25.2 Å². The molecule has 3 aromatic rings. The Balaban J connectivity index is 1.68. The van der Waals surface area contributed by atoms with Crippen molar-refractivity contribution in [3.05, 3.63) is 24.7 Å². The Kier molecular flexibility index (Phi) is 3.64. The van der Waals surface area contributed by atoms with Crippen molar-refractivity contribution < 1.29 is 4.74 Å². The molecule has 0 radical (unpaired) electrons. The molecule has 118 valence electrons. The number of fused-ring (bicyclic) bond motifs is 1. The third-order valence-electron chi connectivity index (χ3n) is 3.51. The zero-order valence-corrected chi connectivity index (χ0v) is 13.1. The maximum Gasteiger partial charge on any atom is 0.186 e. The lowest BCUT2D eigenvalue weighted by Gasteiger charge is -2.25. The predicted octanol–water partition coefficient (Wildman–Crippen LogP) is 1.64. The van der Waals surface area contributed by atoms with Gasteiger partial charge in [0.25, 0.3) is 0 Å². The maximum absolute atomic E-state index is 5.69. The molecule has 0 unspecified atom stereocenters. The molecule has 1 aliphatic rings. The zero-order chi connectivity index (χ0) is 15.6. The third kappa shape index (κ3) is 2.88. The summed E-state index contributed by atoms with van der Waals surface area (Å²) in [6, 6.07) is 3.58. The van der Waals surface area contributed by atoms with E-state index in [0.717, 1.165) is 47.5 Å². The number of nitrogens with one attached hydrogen (secondary N) is 1. The molecular weight excluding hydrogens is 314 g/mol. The Hall–Kier alpha value is -2.52. The number of nitrogens with two attached hydrogens (primary N) is 1. The number of rotatable bonds is 3. The number of nitrogen functional groups attached to an aromatic ring is 1. The molecule has 8 nitrogen and oxygen atoms in total. The molecule has 1 saturated heterocycles. The minimum atomic E-state index is 0.410. The number of hydrogen-bond acceptors (Lipinski definition) is 9. The molecule has 9 heteroatoms. The van der Waals surface area contributed by atoms with E-state index in [1.54, 1.807) is 23.6 Å². The number of anilines is 4. The zero-order valence-electron chi connectivity index (χ0n) is 12.3. The average molecular weight is 329 g/mol. The second-order valence-electron chi connectivity index (χ2n) is 5.06. The molecule has 3 N–H and O–H groups in total. The molecule has 0 amide bonds. The number of thiazole rings is 1. The molecule has 0 aromatic carbocycles. The van der Waals surface area contributed by atoms with Crippen LogP contribution in [0.4, 0.5) is 22.6 Å². The lowest BCUT2D eigenvalue weighted by atomic mass is 10.4. The summed E-state index contributed by atoms with van der Waals surface area (Å²) in [5.41, 5.74) is 6.60. The van der Waals surface area contributed by atoms with Gasteiger partial charge in [-0.05, 0) is 6.07 Å². The molecule has 3 aromatic heterocycles. The molecule has 0 atom stereocenters. The summed E-state index contributed by atoms with van der Waals surface area (Å²) >= 11 is 1.61. The number of nitrogens with zero attached hydrogens (tertiary/aromatic N) is 5. The van der Waals surface area contributed by atoms with Gasteiger partial charge in [0.2, 0.25) is 0 Å². The van der Waals surface area contributed by atoms with Crippen molar-refractivity contribution in [3.63, 3.8) is 0 Å². The van der Waals surface area contributed by atoms with Gasteiger partial charge in [0.1, 0.15) is 18.0 Å². The number of hydrogen-bond donors (Lipinski definition) is 2. The summed E-state index contributed by atoms with van der Waals surface area (Å²) in [4.78, 5) is 19.4. The van der Waals surface area contributed by atoms with Crippen LogP contribution in [0, 0.1) is 0 Å². The average Bonchev–Trinajstić information content (AvgIpc) is 3.01. The van der Waals surface area contributed by atoms with Gasteiger partial charge in [-0.15, -0.1) is 0 Å². The second kappa shape index (κ2) is 5.94. The summed E-state index contributed by atoms with van der Waals surface area (Å²) < 4.78 is 6.39. The normalized spacial score (nSPS) is 15.0. The minimum absolute atomic E-state index is 0.410. The van der Waals surface area contributed by atoms with Gasteiger partial charge in [-0.3, -0.25) is 0 Å². The first-order valence-electron chi connectivity index (χ1n) is 7.22. The summed E-state index contributed by atoms with van der Waals surface area (Å²) in [6.07, 6.45) is 3.15. The van der Waals surface area contributed by atoms with Crippen molar-refractivity contribution in [1.82, 2.24) is 19.9 Å². The fourth-order valence-corrected chi connectivity index (χ4v) is 3.44. The van der Waals surface area contributed by atoms with Gasteiger partial charge in [-0.1, -0.05) is 11.3 Å². The van der Waals surface area contributed by atoms with Crippen LogP contribution in [0.25, 0.3) is 10.2 Å². The van der Waals surface area contributed by atoms with Crippen LogP contribution in [0.2, 0.25) is 0 Å². The lowest BCUT2D eigenvalue weighted by molar-refractivity contribution is 0.122. The van der Waals surface area contributed by atoms with Gasteiger partial charge >= 0.3 is 0 Å². The SMILES string of the molecule is Nc1cc(Nc2nccc3nc(N4CCOCC4)sc23)ncn1. The Labute approximate surface area is 136 Å². The molecule has 0 saturated carbocycles. The van der Waals surface area contributed by atoms with E-state index in [-0.39, 0.29) is 0 Å². The van der Waals surface area contributed by atoms with Gasteiger partial charge in [-0.25, -0.2) is 19.9 Å². The Bertz CT molecular complexity index is 831. The number of aromatic nitrogens is 4. The molecule has 1 fully saturated rings. The van der Waals surface area contributed by atoms with E-state index in [9.17, 15) is 0 Å². The van der Waals surface area contributed by atoms with Crippen LogP contribution in [0.15, 0.2) is 24.7 Å². The smallest absolute Gasteiger partial charge is 0.186 e. The molecule has 1 aliphatic heterocycles. The fourth-order valence-electron chi connectivity index (χ4n) is 2.38. The number of pyridine rings is 1. The molecule has 0 spiro atoms. The summed E-state index contributed by atoms with van der Waals surface area (Å²) in [5, 5.41) is 4.18. The van der Waals surface area contributed by atoms with Crippen LogP contribution in [-0.2, 0) is 4.74 Å².